The monoisotopic (exact) mass is 452 g/mol. The third kappa shape index (κ3) is 10.9. The first kappa shape index (κ1) is 25.7. The van der Waals surface area contributed by atoms with E-state index in [2.05, 4.69) is 78.6 Å². The van der Waals surface area contributed by atoms with E-state index in [1.165, 1.54) is 0 Å². The van der Waals surface area contributed by atoms with Gasteiger partial charge in [-0.05, 0) is 78.6 Å². The van der Waals surface area contributed by atoms with Crippen molar-refractivity contribution in [3.05, 3.63) is 0 Å². The van der Waals surface area contributed by atoms with Gasteiger partial charge in [-0.3, -0.25) is 0 Å². The molecule has 9 heteroatoms. The molecule has 0 bridgehead atoms. The van der Waals surface area contributed by atoms with E-state index in [0.29, 0.717) is 13.2 Å². The highest BCUT2D eigenvalue weighted by Gasteiger charge is 2.49. The minimum Gasteiger partial charge on any atom is -0.415 e. The largest absolute Gasteiger partial charge is 0.415 e. The van der Waals surface area contributed by atoms with Crippen molar-refractivity contribution in [2.75, 3.05) is 13.2 Å². The standard InChI is InChI=1S/C18H44O5Si4/c1-24(2,3)19-13-15-17(22-26(7,8)9)18(23-27(10,11)12)16(21-15)14-20-25(4,5)6/h15-18H,13-14H2,1-12H3. The van der Waals surface area contributed by atoms with Gasteiger partial charge < -0.3 is 22.4 Å². The second-order valence-corrected chi connectivity index (χ2v) is 29.4. The van der Waals surface area contributed by atoms with Gasteiger partial charge in [0, 0.05) is 0 Å². The van der Waals surface area contributed by atoms with Gasteiger partial charge in [-0.25, -0.2) is 0 Å². The van der Waals surface area contributed by atoms with Crippen LogP contribution >= 0.6 is 0 Å². The van der Waals surface area contributed by atoms with Gasteiger partial charge in [-0.15, -0.1) is 0 Å². The SMILES string of the molecule is C[Si](C)(C)OCC1OC(CO[Si](C)(C)C)C(O[Si](C)(C)C)C1O[Si](C)(C)C. The zero-order chi connectivity index (χ0) is 21.3. The van der Waals surface area contributed by atoms with Gasteiger partial charge in [0.1, 0.15) is 24.4 Å². The molecular weight excluding hydrogens is 409 g/mol. The Morgan fingerprint density at radius 2 is 0.815 bits per heavy atom. The molecule has 1 aliphatic heterocycles. The molecule has 0 saturated carbocycles. The molecule has 4 atom stereocenters. The molecule has 0 aromatic rings. The summed E-state index contributed by atoms with van der Waals surface area (Å²) in [6, 6.07) is 0. The van der Waals surface area contributed by atoms with E-state index in [9.17, 15) is 0 Å². The molecule has 1 aliphatic rings. The molecule has 0 N–H and O–H groups in total. The van der Waals surface area contributed by atoms with Crippen LogP contribution in [-0.2, 0) is 22.4 Å². The summed E-state index contributed by atoms with van der Waals surface area (Å²) in [7, 11) is -6.80. The molecule has 1 saturated heterocycles. The molecule has 0 amide bonds. The molecule has 4 unspecified atom stereocenters. The average Bonchev–Trinajstić information content (AvgIpc) is 2.67. The molecule has 1 rings (SSSR count). The van der Waals surface area contributed by atoms with Gasteiger partial charge in [0.25, 0.3) is 0 Å². The van der Waals surface area contributed by atoms with Crippen molar-refractivity contribution >= 4 is 33.3 Å². The van der Waals surface area contributed by atoms with Gasteiger partial charge in [-0.2, -0.15) is 0 Å². The second-order valence-electron chi connectivity index (χ2n) is 11.4. The number of rotatable bonds is 10. The molecule has 27 heavy (non-hydrogen) atoms. The molecule has 0 aromatic heterocycles. The van der Waals surface area contributed by atoms with Crippen molar-refractivity contribution in [3.8, 4) is 0 Å². The fourth-order valence-electron chi connectivity index (χ4n) is 2.84. The normalized spacial score (nSPS) is 28.0. The molecule has 0 aromatic carbocycles. The first-order valence-electron chi connectivity index (χ1n) is 10.2. The Bertz CT molecular complexity index is 420. The predicted octanol–water partition coefficient (Wildman–Crippen LogP) is 4.90. The van der Waals surface area contributed by atoms with Crippen LogP contribution in [0.5, 0.6) is 0 Å². The van der Waals surface area contributed by atoms with Crippen molar-refractivity contribution in [2.24, 2.45) is 0 Å². The van der Waals surface area contributed by atoms with Crippen molar-refractivity contribution in [3.63, 3.8) is 0 Å². The van der Waals surface area contributed by atoms with Gasteiger partial charge in [0.05, 0.1) is 13.2 Å². The first-order valence-corrected chi connectivity index (χ1v) is 23.8. The van der Waals surface area contributed by atoms with Gasteiger partial charge in [-0.1, -0.05) is 0 Å². The third-order valence-corrected chi connectivity index (χ3v) is 7.77. The number of ether oxygens (including phenoxy) is 1. The van der Waals surface area contributed by atoms with E-state index in [0.717, 1.165) is 0 Å². The maximum atomic E-state index is 6.60. The lowest BCUT2D eigenvalue weighted by Gasteiger charge is -2.35. The molecule has 5 nitrogen and oxygen atoms in total. The predicted molar refractivity (Wildman–Crippen MR) is 124 cm³/mol. The number of hydrogen-bond donors (Lipinski definition) is 0. The maximum Gasteiger partial charge on any atom is 0.184 e. The third-order valence-electron chi connectivity index (χ3n) is 3.75. The Morgan fingerprint density at radius 3 is 1.04 bits per heavy atom. The summed E-state index contributed by atoms with van der Waals surface area (Å²) >= 11 is 0. The summed E-state index contributed by atoms with van der Waals surface area (Å²) in [5, 5.41) is 0. The van der Waals surface area contributed by atoms with E-state index in [1.54, 1.807) is 0 Å². The van der Waals surface area contributed by atoms with E-state index in [4.69, 9.17) is 22.4 Å². The van der Waals surface area contributed by atoms with Crippen LogP contribution in [0.3, 0.4) is 0 Å². The lowest BCUT2D eigenvalue weighted by molar-refractivity contribution is -0.0311. The molecule has 0 spiro atoms. The topological polar surface area (TPSA) is 46.2 Å². The van der Waals surface area contributed by atoms with Crippen LogP contribution < -0.4 is 0 Å². The number of hydrogen-bond acceptors (Lipinski definition) is 5. The van der Waals surface area contributed by atoms with Crippen LogP contribution in [0.1, 0.15) is 0 Å². The summed E-state index contributed by atoms with van der Waals surface area (Å²) in [5.41, 5.74) is 0. The summed E-state index contributed by atoms with van der Waals surface area (Å²) in [5.74, 6) is 0. The fourth-order valence-corrected chi connectivity index (χ4v) is 6.37. The molecule has 0 radical (unpaired) electrons. The Balaban J connectivity index is 3.06. The molecular formula is C18H44O5Si4. The molecule has 0 aliphatic carbocycles. The summed E-state index contributed by atoms with van der Waals surface area (Å²) < 4.78 is 32.1. The fraction of sp³-hybridized carbons (Fsp3) is 1.00. The van der Waals surface area contributed by atoms with E-state index < -0.39 is 33.3 Å². The molecule has 1 fully saturated rings. The summed E-state index contributed by atoms with van der Waals surface area (Å²) in [6.45, 7) is 27.7. The highest BCUT2D eigenvalue weighted by atomic mass is 28.4. The maximum absolute atomic E-state index is 6.60. The van der Waals surface area contributed by atoms with Crippen molar-refractivity contribution < 1.29 is 22.4 Å². The van der Waals surface area contributed by atoms with Crippen molar-refractivity contribution in [1.29, 1.82) is 0 Å². The smallest absolute Gasteiger partial charge is 0.184 e. The van der Waals surface area contributed by atoms with Crippen LogP contribution in [-0.4, -0.2) is 70.9 Å². The van der Waals surface area contributed by atoms with Crippen LogP contribution in [0.25, 0.3) is 0 Å². The Hall–Kier alpha value is 0.668. The van der Waals surface area contributed by atoms with E-state index >= 15 is 0 Å². The van der Waals surface area contributed by atoms with Crippen LogP contribution in [0.2, 0.25) is 78.6 Å². The van der Waals surface area contributed by atoms with Gasteiger partial charge >= 0.3 is 0 Å². The van der Waals surface area contributed by atoms with Gasteiger partial charge in [0.2, 0.25) is 0 Å². The Kier molecular flexibility index (Phi) is 8.77. The quantitative estimate of drug-likeness (QED) is 0.441. The minimum absolute atomic E-state index is 0.0880. The minimum atomic E-state index is -1.77. The zero-order valence-electron chi connectivity index (χ0n) is 19.8. The Labute approximate surface area is 172 Å². The Morgan fingerprint density at radius 1 is 0.519 bits per heavy atom. The second kappa shape index (κ2) is 9.21. The highest BCUT2D eigenvalue weighted by molar-refractivity contribution is 6.71. The summed E-state index contributed by atoms with van der Waals surface area (Å²) in [4.78, 5) is 0. The lowest BCUT2D eigenvalue weighted by atomic mass is 10.1. The van der Waals surface area contributed by atoms with E-state index in [-0.39, 0.29) is 24.4 Å². The highest BCUT2D eigenvalue weighted by Crippen LogP contribution is 2.32. The average molecular weight is 453 g/mol. The zero-order valence-corrected chi connectivity index (χ0v) is 23.8. The van der Waals surface area contributed by atoms with Crippen LogP contribution in [0.15, 0.2) is 0 Å². The molecule has 1 heterocycles. The van der Waals surface area contributed by atoms with E-state index in [1.807, 2.05) is 0 Å². The van der Waals surface area contributed by atoms with Crippen LogP contribution in [0.4, 0.5) is 0 Å². The van der Waals surface area contributed by atoms with Crippen molar-refractivity contribution in [1.82, 2.24) is 0 Å². The summed E-state index contributed by atoms with van der Waals surface area (Å²) in [6.07, 6.45) is -0.370. The first-order chi connectivity index (χ1) is 11.9. The van der Waals surface area contributed by atoms with Gasteiger partial charge in [0.15, 0.2) is 33.3 Å². The van der Waals surface area contributed by atoms with Crippen LogP contribution in [0, 0.1) is 0 Å². The lowest BCUT2D eigenvalue weighted by Crippen LogP contribution is -2.50. The van der Waals surface area contributed by atoms with Crippen molar-refractivity contribution in [2.45, 2.75) is 103 Å². The molecule has 162 valence electrons.